The van der Waals surface area contributed by atoms with E-state index in [1.807, 2.05) is 6.92 Å². The number of carbonyl (C=O) groups is 1. The maximum absolute atomic E-state index is 11.9. The lowest BCUT2D eigenvalue weighted by Crippen LogP contribution is -2.10. The predicted molar refractivity (Wildman–Crippen MR) is 67.8 cm³/mol. The highest BCUT2D eigenvalue weighted by Gasteiger charge is 2.63. The maximum atomic E-state index is 11.9. The second kappa shape index (κ2) is 4.17. The first-order valence-corrected chi connectivity index (χ1v) is 6.21. The highest BCUT2D eigenvalue weighted by atomic mass is 16.5. The quantitative estimate of drug-likeness (QED) is 0.747. The van der Waals surface area contributed by atoms with E-state index in [-0.39, 0.29) is 17.3 Å². The molecular weight excluding hydrogens is 212 g/mol. The van der Waals surface area contributed by atoms with E-state index in [2.05, 4.69) is 45.0 Å². The number of carbonyl (C=O) groups excluding carboxylic acids is 1. The average Bonchev–Trinajstić information content (AvgIpc) is 2.82. The smallest absolute Gasteiger partial charge is 0.310 e. The second-order valence-electron chi connectivity index (χ2n) is 5.44. The van der Waals surface area contributed by atoms with Crippen LogP contribution < -0.4 is 0 Å². The minimum Gasteiger partial charge on any atom is -0.466 e. The van der Waals surface area contributed by atoms with Gasteiger partial charge in [-0.25, -0.2) is 0 Å². The van der Waals surface area contributed by atoms with E-state index in [4.69, 9.17) is 4.74 Å². The fourth-order valence-electron chi connectivity index (χ4n) is 2.80. The molecule has 1 aromatic rings. The van der Waals surface area contributed by atoms with Gasteiger partial charge in [0.1, 0.15) is 0 Å². The number of rotatable bonds is 3. The van der Waals surface area contributed by atoms with Gasteiger partial charge in [0.15, 0.2) is 0 Å². The molecule has 0 aliphatic heterocycles. The molecule has 2 nitrogen and oxygen atoms in total. The molecule has 0 bridgehead atoms. The van der Waals surface area contributed by atoms with Crippen molar-refractivity contribution in [1.82, 2.24) is 0 Å². The fraction of sp³-hybridized carbons (Fsp3) is 0.533. The molecule has 1 aromatic carbocycles. The van der Waals surface area contributed by atoms with Crippen LogP contribution in [-0.4, -0.2) is 12.6 Å². The first-order chi connectivity index (χ1) is 7.98. The molecule has 2 rings (SSSR count). The van der Waals surface area contributed by atoms with Gasteiger partial charge in [0.25, 0.3) is 0 Å². The molecular formula is C15H20O2. The Labute approximate surface area is 103 Å². The molecule has 17 heavy (non-hydrogen) atoms. The van der Waals surface area contributed by atoms with E-state index in [9.17, 15) is 4.79 Å². The summed E-state index contributed by atoms with van der Waals surface area (Å²) in [5.41, 5.74) is 2.53. The fourth-order valence-corrected chi connectivity index (χ4v) is 2.80. The number of hydrogen-bond donors (Lipinski definition) is 0. The van der Waals surface area contributed by atoms with Crippen molar-refractivity contribution in [3.05, 3.63) is 35.4 Å². The summed E-state index contributed by atoms with van der Waals surface area (Å²) in [6.07, 6.45) is 0. The lowest BCUT2D eigenvalue weighted by atomic mass is 10.0. The van der Waals surface area contributed by atoms with Crippen LogP contribution in [0.2, 0.25) is 0 Å². The van der Waals surface area contributed by atoms with Crippen LogP contribution in [0.5, 0.6) is 0 Å². The molecule has 1 aliphatic carbocycles. The van der Waals surface area contributed by atoms with Crippen LogP contribution >= 0.6 is 0 Å². The highest BCUT2D eigenvalue weighted by molar-refractivity contribution is 5.79. The Bertz CT molecular complexity index is 434. The molecule has 0 spiro atoms. The van der Waals surface area contributed by atoms with Gasteiger partial charge in [-0.3, -0.25) is 4.79 Å². The number of benzene rings is 1. The predicted octanol–water partition coefficient (Wildman–Crippen LogP) is 3.30. The van der Waals surface area contributed by atoms with Gasteiger partial charge in [-0.1, -0.05) is 43.7 Å². The summed E-state index contributed by atoms with van der Waals surface area (Å²) in [7, 11) is 0. The molecule has 0 amide bonds. The molecule has 1 saturated carbocycles. The highest BCUT2D eigenvalue weighted by Crippen LogP contribution is 2.64. The first kappa shape index (κ1) is 12.2. The van der Waals surface area contributed by atoms with Crippen molar-refractivity contribution in [2.75, 3.05) is 6.61 Å². The van der Waals surface area contributed by atoms with Crippen LogP contribution in [0, 0.1) is 18.3 Å². The van der Waals surface area contributed by atoms with Crippen LogP contribution in [0.25, 0.3) is 0 Å². The molecule has 0 aromatic heterocycles. The van der Waals surface area contributed by atoms with Crippen molar-refractivity contribution in [1.29, 1.82) is 0 Å². The molecule has 0 saturated heterocycles. The Hall–Kier alpha value is -1.31. The minimum atomic E-state index is -0.0518. The van der Waals surface area contributed by atoms with E-state index in [0.717, 1.165) is 0 Å². The van der Waals surface area contributed by atoms with Crippen LogP contribution in [0.1, 0.15) is 37.8 Å². The lowest BCUT2D eigenvalue weighted by Gasteiger charge is -2.03. The molecule has 0 radical (unpaired) electrons. The van der Waals surface area contributed by atoms with Crippen molar-refractivity contribution in [3.8, 4) is 0 Å². The van der Waals surface area contributed by atoms with E-state index < -0.39 is 0 Å². The lowest BCUT2D eigenvalue weighted by molar-refractivity contribution is -0.145. The number of hydrogen-bond acceptors (Lipinski definition) is 2. The minimum absolute atomic E-state index is 0.0178. The van der Waals surface area contributed by atoms with Crippen LogP contribution in [0.15, 0.2) is 24.3 Å². The van der Waals surface area contributed by atoms with Crippen molar-refractivity contribution in [2.24, 2.45) is 11.3 Å². The summed E-state index contributed by atoms with van der Waals surface area (Å²) in [5, 5.41) is 0. The summed E-state index contributed by atoms with van der Waals surface area (Å²) < 4.78 is 5.14. The first-order valence-electron chi connectivity index (χ1n) is 6.21. The van der Waals surface area contributed by atoms with Crippen molar-refractivity contribution >= 4 is 5.97 Å². The van der Waals surface area contributed by atoms with Gasteiger partial charge < -0.3 is 4.74 Å². The Kier molecular flexibility index (Phi) is 2.98. The van der Waals surface area contributed by atoms with Gasteiger partial charge in [-0.05, 0) is 24.8 Å². The molecule has 2 heteroatoms. The molecule has 1 fully saturated rings. The van der Waals surface area contributed by atoms with Gasteiger partial charge in [-0.2, -0.15) is 0 Å². The van der Waals surface area contributed by atoms with Crippen molar-refractivity contribution < 1.29 is 9.53 Å². The molecule has 0 unspecified atom stereocenters. The number of esters is 1. The summed E-state index contributed by atoms with van der Waals surface area (Å²) >= 11 is 0. The summed E-state index contributed by atoms with van der Waals surface area (Å²) in [5.74, 6) is 0.273. The monoisotopic (exact) mass is 232 g/mol. The van der Waals surface area contributed by atoms with Gasteiger partial charge in [0.05, 0.1) is 12.5 Å². The SMILES string of the molecule is CCOC(=O)[C@H]1[C@H](c2cccc(C)c2)C1(C)C. The van der Waals surface area contributed by atoms with E-state index in [1.165, 1.54) is 11.1 Å². The third kappa shape index (κ3) is 2.08. The Morgan fingerprint density at radius 1 is 1.41 bits per heavy atom. The van der Waals surface area contributed by atoms with E-state index in [0.29, 0.717) is 12.5 Å². The van der Waals surface area contributed by atoms with Gasteiger partial charge in [-0.15, -0.1) is 0 Å². The summed E-state index contributed by atoms with van der Waals surface area (Å²) in [4.78, 5) is 11.9. The molecule has 0 heterocycles. The third-order valence-corrected chi connectivity index (χ3v) is 3.77. The zero-order valence-electron chi connectivity index (χ0n) is 11.0. The summed E-state index contributed by atoms with van der Waals surface area (Å²) in [6.45, 7) is 8.68. The van der Waals surface area contributed by atoms with Crippen molar-refractivity contribution in [2.45, 2.75) is 33.6 Å². The van der Waals surface area contributed by atoms with E-state index >= 15 is 0 Å². The molecule has 92 valence electrons. The van der Waals surface area contributed by atoms with Gasteiger partial charge >= 0.3 is 5.97 Å². The van der Waals surface area contributed by atoms with Gasteiger partial charge in [0, 0.05) is 5.92 Å². The maximum Gasteiger partial charge on any atom is 0.310 e. The van der Waals surface area contributed by atoms with Crippen molar-refractivity contribution in [3.63, 3.8) is 0 Å². The largest absolute Gasteiger partial charge is 0.466 e. The zero-order valence-corrected chi connectivity index (χ0v) is 11.0. The molecule has 1 aliphatic rings. The summed E-state index contributed by atoms with van der Waals surface area (Å²) in [6, 6.07) is 8.42. The number of aryl methyl sites for hydroxylation is 1. The third-order valence-electron chi connectivity index (χ3n) is 3.77. The Morgan fingerprint density at radius 2 is 2.12 bits per heavy atom. The van der Waals surface area contributed by atoms with Gasteiger partial charge in [0.2, 0.25) is 0 Å². The Balaban J connectivity index is 2.21. The molecule has 0 N–H and O–H groups in total. The number of ether oxygens (including phenoxy) is 1. The van der Waals surface area contributed by atoms with E-state index in [1.54, 1.807) is 0 Å². The molecule has 2 atom stereocenters. The standard InChI is InChI=1S/C15H20O2/c1-5-17-14(16)13-12(15(13,3)4)11-8-6-7-10(2)9-11/h6-9,12-13H,5H2,1-4H3/t12-,13+/m0/s1. The zero-order chi connectivity index (χ0) is 12.6. The normalized spacial score (nSPS) is 25.4. The van der Waals surface area contributed by atoms with Crippen LogP contribution in [0.4, 0.5) is 0 Å². The topological polar surface area (TPSA) is 26.3 Å². The average molecular weight is 232 g/mol. The second-order valence-corrected chi connectivity index (χ2v) is 5.44. The van der Waals surface area contributed by atoms with Crippen LogP contribution in [0.3, 0.4) is 0 Å². The Morgan fingerprint density at radius 3 is 2.71 bits per heavy atom. The van der Waals surface area contributed by atoms with Crippen LogP contribution in [-0.2, 0) is 9.53 Å².